The van der Waals surface area contributed by atoms with Crippen LogP contribution in [-0.2, 0) is 20.8 Å². The second-order valence-corrected chi connectivity index (χ2v) is 9.86. The Morgan fingerprint density at radius 3 is 2.69 bits per heavy atom. The molecule has 0 fully saturated rings. The number of carbonyl (C=O) groups is 2. The first-order valence-corrected chi connectivity index (χ1v) is 13.0. The highest BCUT2D eigenvalue weighted by atomic mass is 16.6. The Morgan fingerprint density at radius 2 is 1.92 bits per heavy atom. The van der Waals surface area contributed by atoms with E-state index in [4.69, 9.17) is 13.9 Å². The molecule has 3 aromatic heterocycles. The Kier molecular flexibility index (Phi) is 8.80. The fraction of sp³-hybridized carbons (Fsp3) is 0.393. The van der Waals surface area contributed by atoms with Crippen LogP contribution in [0.3, 0.4) is 0 Å². The molecule has 11 nitrogen and oxygen atoms in total. The van der Waals surface area contributed by atoms with E-state index < -0.39 is 11.7 Å². The number of aryl methyl sites for hydroxylation is 1. The van der Waals surface area contributed by atoms with Crippen molar-refractivity contribution >= 4 is 29.0 Å². The van der Waals surface area contributed by atoms with E-state index in [1.807, 2.05) is 57.3 Å². The quantitative estimate of drug-likeness (QED) is 0.201. The molecule has 0 spiro atoms. The third kappa shape index (κ3) is 7.79. The van der Waals surface area contributed by atoms with Gasteiger partial charge in [-0.25, -0.2) is 14.8 Å². The predicted molar refractivity (Wildman–Crippen MR) is 147 cm³/mol. The first-order chi connectivity index (χ1) is 18.7. The van der Waals surface area contributed by atoms with Gasteiger partial charge in [0.2, 0.25) is 5.89 Å². The fourth-order valence-electron chi connectivity index (χ4n) is 3.79. The molecule has 39 heavy (non-hydrogen) atoms. The molecule has 1 amide bonds. The standard InChI is InChI=1S/C28H34N6O5/c1-5-37-24(35)11-14-34-18-20(17-32-34)19-15-21(26-33-22-9-6-7-10-23(22)38-26)25(31-16-19)29-12-8-13-30-27(36)39-28(2,3)4/h6-7,9-10,15-18H,5,8,11-14H2,1-4H3,(H,29,31)(H,30,36). The van der Waals surface area contributed by atoms with Gasteiger partial charge in [-0.05, 0) is 52.3 Å². The number of para-hydroxylation sites is 2. The van der Waals surface area contributed by atoms with Crippen LogP contribution in [0, 0.1) is 0 Å². The highest BCUT2D eigenvalue weighted by molar-refractivity contribution is 5.81. The summed E-state index contributed by atoms with van der Waals surface area (Å²) in [6.45, 7) is 9.04. The lowest BCUT2D eigenvalue weighted by Gasteiger charge is -2.19. The largest absolute Gasteiger partial charge is 0.466 e. The average Bonchev–Trinajstić information content (AvgIpc) is 3.54. The van der Waals surface area contributed by atoms with Crippen molar-refractivity contribution in [2.45, 2.75) is 52.7 Å². The molecular formula is C28H34N6O5. The lowest BCUT2D eigenvalue weighted by Crippen LogP contribution is -2.33. The van der Waals surface area contributed by atoms with Crippen LogP contribution in [0.15, 0.2) is 53.3 Å². The van der Waals surface area contributed by atoms with Gasteiger partial charge in [0.05, 0.1) is 31.3 Å². The number of benzene rings is 1. The van der Waals surface area contributed by atoms with Crippen molar-refractivity contribution in [3.8, 4) is 22.6 Å². The lowest BCUT2D eigenvalue weighted by atomic mass is 10.1. The number of rotatable bonds is 11. The first-order valence-electron chi connectivity index (χ1n) is 13.0. The van der Waals surface area contributed by atoms with Crippen molar-refractivity contribution in [1.29, 1.82) is 0 Å². The number of aromatic nitrogens is 4. The minimum Gasteiger partial charge on any atom is -0.466 e. The van der Waals surface area contributed by atoms with Gasteiger partial charge >= 0.3 is 12.1 Å². The second-order valence-electron chi connectivity index (χ2n) is 9.86. The summed E-state index contributed by atoms with van der Waals surface area (Å²) in [4.78, 5) is 32.9. The number of ether oxygens (including phenoxy) is 2. The van der Waals surface area contributed by atoms with Gasteiger partial charge in [0, 0.05) is 36.6 Å². The van der Waals surface area contributed by atoms with Crippen molar-refractivity contribution in [2.75, 3.05) is 25.0 Å². The number of oxazole rings is 1. The SMILES string of the molecule is CCOC(=O)CCn1cc(-c2cnc(NCCCNC(=O)OC(C)(C)C)c(-c3nc4ccccc4o3)c2)cn1. The van der Waals surface area contributed by atoms with Crippen LogP contribution in [0.5, 0.6) is 0 Å². The molecule has 0 atom stereocenters. The van der Waals surface area contributed by atoms with E-state index in [1.165, 1.54) is 0 Å². The van der Waals surface area contributed by atoms with Gasteiger partial charge in [-0.1, -0.05) is 12.1 Å². The number of anilines is 1. The second kappa shape index (κ2) is 12.4. The van der Waals surface area contributed by atoms with Crippen LogP contribution < -0.4 is 10.6 Å². The van der Waals surface area contributed by atoms with E-state index in [9.17, 15) is 9.59 Å². The minimum absolute atomic E-state index is 0.243. The molecule has 0 radical (unpaired) electrons. The van der Waals surface area contributed by atoms with Crippen LogP contribution in [0.25, 0.3) is 33.7 Å². The van der Waals surface area contributed by atoms with Gasteiger partial charge in [-0.2, -0.15) is 5.10 Å². The van der Waals surface area contributed by atoms with Crippen LogP contribution in [-0.4, -0.2) is 57.1 Å². The van der Waals surface area contributed by atoms with E-state index in [2.05, 4.69) is 25.7 Å². The smallest absolute Gasteiger partial charge is 0.407 e. The molecule has 11 heteroatoms. The zero-order valence-electron chi connectivity index (χ0n) is 22.7. The summed E-state index contributed by atoms with van der Waals surface area (Å²) >= 11 is 0. The summed E-state index contributed by atoms with van der Waals surface area (Å²) < 4.78 is 18.0. The number of hydrogen-bond donors (Lipinski definition) is 2. The Hall–Kier alpha value is -4.41. The lowest BCUT2D eigenvalue weighted by molar-refractivity contribution is -0.143. The van der Waals surface area contributed by atoms with Crippen LogP contribution in [0.2, 0.25) is 0 Å². The average molecular weight is 535 g/mol. The molecule has 0 aliphatic heterocycles. The van der Waals surface area contributed by atoms with Gasteiger partial charge in [0.25, 0.3) is 0 Å². The van der Waals surface area contributed by atoms with Crippen LogP contribution >= 0.6 is 0 Å². The number of amides is 1. The molecule has 0 aliphatic rings. The Morgan fingerprint density at radius 1 is 1.10 bits per heavy atom. The van der Waals surface area contributed by atoms with Gasteiger partial charge in [-0.15, -0.1) is 0 Å². The first kappa shape index (κ1) is 27.6. The minimum atomic E-state index is -0.542. The molecule has 0 saturated carbocycles. The van der Waals surface area contributed by atoms with Crippen molar-refractivity contribution < 1.29 is 23.5 Å². The maximum absolute atomic E-state index is 11.9. The van der Waals surface area contributed by atoms with Crippen molar-refractivity contribution in [3.63, 3.8) is 0 Å². The molecule has 206 valence electrons. The number of pyridine rings is 1. The molecule has 2 N–H and O–H groups in total. The zero-order chi connectivity index (χ0) is 27.8. The number of carbonyl (C=O) groups excluding carboxylic acids is 2. The number of nitrogens with zero attached hydrogens (tertiary/aromatic N) is 4. The molecular weight excluding hydrogens is 500 g/mol. The zero-order valence-corrected chi connectivity index (χ0v) is 22.7. The number of alkyl carbamates (subject to hydrolysis) is 1. The molecule has 0 bridgehead atoms. The van der Waals surface area contributed by atoms with E-state index in [1.54, 1.807) is 24.0 Å². The molecule has 0 saturated heterocycles. The molecule has 4 aromatic rings. The summed E-state index contributed by atoms with van der Waals surface area (Å²) in [7, 11) is 0. The third-order valence-electron chi connectivity index (χ3n) is 5.54. The Labute approximate surface area is 226 Å². The predicted octanol–water partition coefficient (Wildman–Crippen LogP) is 5.03. The maximum Gasteiger partial charge on any atom is 0.407 e. The van der Waals surface area contributed by atoms with Gasteiger partial charge < -0.3 is 24.5 Å². The summed E-state index contributed by atoms with van der Waals surface area (Å²) in [5.41, 5.74) is 3.25. The van der Waals surface area contributed by atoms with Gasteiger partial charge in [0.1, 0.15) is 16.9 Å². The molecule has 3 heterocycles. The molecule has 4 rings (SSSR count). The van der Waals surface area contributed by atoms with Crippen LogP contribution in [0.4, 0.5) is 10.6 Å². The summed E-state index contributed by atoms with van der Waals surface area (Å²) in [6.07, 6.45) is 5.80. The maximum atomic E-state index is 11.9. The number of nitrogens with one attached hydrogen (secondary N) is 2. The van der Waals surface area contributed by atoms with Gasteiger partial charge in [-0.3, -0.25) is 9.48 Å². The fourth-order valence-corrected chi connectivity index (χ4v) is 3.79. The number of hydrogen-bond acceptors (Lipinski definition) is 9. The topological polar surface area (TPSA) is 133 Å². The Bertz CT molecular complexity index is 1390. The van der Waals surface area contributed by atoms with Gasteiger partial charge in [0.15, 0.2) is 5.58 Å². The van der Waals surface area contributed by atoms with E-state index in [0.29, 0.717) is 55.5 Å². The summed E-state index contributed by atoms with van der Waals surface area (Å²) in [5, 5.41) is 10.5. The molecule has 0 aliphatic carbocycles. The van der Waals surface area contributed by atoms with Crippen LogP contribution in [0.1, 0.15) is 40.5 Å². The summed E-state index contributed by atoms with van der Waals surface area (Å²) in [6, 6.07) is 9.51. The number of esters is 1. The van der Waals surface area contributed by atoms with Crippen molar-refractivity contribution in [1.82, 2.24) is 25.1 Å². The van der Waals surface area contributed by atoms with E-state index >= 15 is 0 Å². The molecule has 1 aromatic carbocycles. The van der Waals surface area contributed by atoms with E-state index in [-0.39, 0.29) is 12.4 Å². The van der Waals surface area contributed by atoms with Crippen molar-refractivity contribution in [3.05, 3.63) is 48.9 Å². The third-order valence-corrected chi connectivity index (χ3v) is 5.54. The monoisotopic (exact) mass is 534 g/mol. The van der Waals surface area contributed by atoms with Crippen molar-refractivity contribution in [2.24, 2.45) is 0 Å². The highest BCUT2D eigenvalue weighted by Crippen LogP contribution is 2.32. The Balaban J connectivity index is 1.49. The molecule has 0 unspecified atom stereocenters. The highest BCUT2D eigenvalue weighted by Gasteiger charge is 2.17. The number of fused-ring (bicyclic) bond motifs is 1. The summed E-state index contributed by atoms with van der Waals surface area (Å²) in [5.74, 6) is 0.790. The van der Waals surface area contributed by atoms with E-state index in [0.717, 1.165) is 16.6 Å². The normalized spacial score (nSPS) is 11.4.